The number of aromatic nitrogens is 2. The lowest BCUT2D eigenvalue weighted by Gasteiger charge is -2.36. The average Bonchev–Trinajstić information content (AvgIpc) is 3.82. The number of carboxylic acids is 1. The molecule has 0 fully saturated rings. The molecular formula is C52H63Cl2N7O7. The molecule has 362 valence electrons. The summed E-state index contributed by atoms with van der Waals surface area (Å²) in [5, 5.41) is 31.0. The largest absolute Gasteiger partial charge is 0.480 e. The maximum Gasteiger partial charge on any atom is 0.326 e. The quantitative estimate of drug-likeness (QED) is 0.0375. The van der Waals surface area contributed by atoms with Gasteiger partial charge < -0.3 is 42.2 Å². The number of nitrogens with one attached hydrogen (secondary N) is 3. The minimum atomic E-state index is -1.46. The smallest absolute Gasteiger partial charge is 0.326 e. The van der Waals surface area contributed by atoms with E-state index in [4.69, 9.17) is 11.5 Å². The molecule has 0 saturated carbocycles. The van der Waals surface area contributed by atoms with Crippen molar-refractivity contribution in [2.75, 3.05) is 0 Å². The van der Waals surface area contributed by atoms with Crippen molar-refractivity contribution in [1.82, 2.24) is 25.5 Å². The van der Waals surface area contributed by atoms with Gasteiger partial charge in [0.2, 0.25) is 23.6 Å². The summed E-state index contributed by atoms with van der Waals surface area (Å²) in [6.45, 7) is 5.59. The molecule has 1 aromatic heterocycles. The number of primary amides is 1. The summed E-state index contributed by atoms with van der Waals surface area (Å²) in [6, 6.07) is 32.3. The van der Waals surface area contributed by atoms with Crippen LogP contribution in [-0.2, 0) is 56.3 Å². The Balaban J connectivity index is 0.00000504. The van der Waals surface area contributed by atoms with Crippen molar-refractivity contribution in [2.45, 2.75) is 96.6 Å². The zero-order valence-electron chi connectivity index (χ0n) is 38.5. The van der Waals surface area contributed by atoms with Crippen LogP contribution in [0.3, 0.4) is 0 Å². The molecule has 5 aromatic carbocycles. The van der Waals surface area contributed by atoms with Gasteiger partial charge in [0.15, 0.2) is 0 Å². The number of aromatic amines is 1. The van der Waals surface area contributed by atoms with Crippen LogP contribution >= 0.6 is 24.8 Å². The molecule has 6 aromatic rings. The van der Waals surface area contributed by atoms with Gasteiger partial charge in [-0.15, -0.1) is 24.8 Å². The fourth-order valence-electron chi connectivity index (χ4n) is 8.67. The van der Waals surface area contributed by atoms with Gasteiger partial charge in [0.05, 0.1) is 24.9 Å². The zero-order valence-corrected chi connectivity index (χ0v) is 40.2. The Kier molecular flexibility index (Phi) is 20.5. The highest BCUT2D eigenvalue weighted by Crippen LogP contribution is 2.29. The number of fused-ring (bicyclic) bond motifs is 2. The summed E-state index contributed by atoms with van der Waals surface area (Å²) in [5.74, 6) is -5.25. The summed E-state index contributed by atoms with van der Waals surface area (Å²) < 4.78 is 0. The number of carbonyl (C=O) groups is 5. The second-order valence-corrected chi connectivity index (χ2v) is 17.7. The maximum absolute atomic E-state index is 15.9. The number of hydrogen-bond acceptors (Lipinski definition) is 8. The van der Waals surface area contributed by atoms with Gasteiger partial charge in [-0.3, -0.25) is 19.2 Å². The van der Waals surface area contributed by atoms with Gasteiger partial charge in [0.25, 0.3) is 0 Å². The van der Waals surface area contributed by atoms with Gasteiger partial charge in [-0.05, 0) is 75.4 Å². The summed E-state index contributed by atoms with van der Waals surface area (Å²) in [5.41, 5.74) is 15.6. The van der Waals surface area contributed by atoms with Crippen molar-refractivity contribution in [3.05, 3.63) is 150 Å². The first kappa shape index (κ1) is 54.3. The van der Waals surface area contributed by atoms with Crippen LogP contribution in [-0.4, -0.2) is 78.9 Å². The van der Waals surface area contributed by atoms with E-state index in [0.717, 1.165) is 43.8 Å². The Morgan fingerprint density at radius 1 is 0.750 bits per heavy atom. The fraction of sp³-hybridized carbons (Fsp3) is 0.346. The summed E-state index contributed by atoms with van der Waals surface area (Å²) in [7, 11) is 0. The first-order chi connectivity index (χ1) is 31.7. The van der Waals surface area contributed by atoms with Crippen LogP contribution in [0.5, 0.6) is 0 Å². The van der Waals surface area contributed by atoms with E-state index in [9.17, 15) is 24.6 Å². The SMILES string of the molecule is CC(C)C[C@H](NC(=O)[C@H](Cc1cnc[nH]1)N(Cc1cccc(CN)c1)C(=O)C(Cc1cccc2ccccc12)Cc1cccc2ccccc12)[C@@H](O)CC(=O)N[C@@H](CC(C)C(N)=O)C(=O)O.Cl.Cl. The van der Waals surface area contributed by atoms with Gasteiger partial charge in [0.1, 0.15) is 12.1 Å². The summed E-state index contributed by atoms with van der Waals surface area (Å²) in [4.78, 5) is 77.0. The third-order valence-corrected chi connectivity index (χ3v) is 12.2. The van der Waals surface area contributed by atoms with Crippen LogP contribution < -0.4 is 22.1 Å². The van der Waals surface area contributed by atoms with Crippen LogP contribution in [0.25, 0.3) is 21.5 Å². The maximum atomic E-state index is 15.9. The third kappa shape index (κ3) is 14.6. The molecule has 0 saturated heterocycles. The Morgan fingerprint density at radius 2 is 1.32 bits per heavy atom. The van der Waals surface area contributed by atoms with Gasteiger partial charge in [-0.2, -0.15) is 0 Å². The number of hydrogen-bond donors (Lipinski definition) is 7. The topological polar surface area (TPSA) is 234 Å². The van der Waals surface area contributed by atoms with Crippen molar-refractivity contribution >= 4 is 76.0 Å². The standard InChI is InChI=1S/C52H61N7O7.2ClH/c1-32(2)21-44(47(60)27-48(61)57-45(52(65)66)22-33(3)49(54)62)58-50(63)46(26-41-29-55-31-56-41)59(30-35-12-8-11-34(23-35)28-53)51(64)40(24-38-17-9-15-36-13-4-6-19-42(36)38)25-39-18-10-16-37-14-5-7-20-43(37)39;;/h4-20,23,29,31-33,40,44-47,60H,21-22,24-28,30,53H2,1-3H3,(H2,54,62)(H,55,56)(H,57,61)(H,58,63)(H,65,66);2*1H/t33?,44-,45-,46-,47-;;/m0../s1. The number of nitrogens with zero attached hydrogens (tertiary/aromatic N) is 2. The summed E-state index contributed by atoms with van der Waals surface area (Å²) >= 11 is 0. The van der Waals surface area contributed by atoms with Crippen LogP contribution in [0.2, 0.25) is 0 Å². The number of rotatable bonds is 23. The minimum absolute atomic E-state index is 0. The first-order valence-corrected chi connectivity index (χ1v) is 22.5. The third-order valence-electron chi connectivity index (χ3n) is 12.2. The number of amides is 4. The highest BCUT2D eigenvalue weighted by molar-refractivity contribution is 5.92. The Labute approximate surface area is 409 Å². The molecule has 9 N–H and O–H groups in total. The van der Waals surface area contributed by atoms with Gasteiger partial charge in [-0.1, -0.05) is 130 Å². The lowest BCUT2D eigenvalue weighted by molar-refractivity contribution is -0.145. The first-order valence-electron chi connectivity index (χ1n) is 22.5. The molecule has 0 bridgehead atoms. The van der Waals surface area contributed by atoms with Crippen molar-refractivity contribution in [3.63, 3.8) is 0 Å². The summed E-state index contributed by atoms with van der Waals surface area (Å²) in [6.07, 6.45) is 1.86. The Morgan fingerprint density at radius 3 is 1.87 bits per heavy atom. The number of imidazole rings is 1. The molecule has 68 heavy (non-hydrogen) atoms. The van der Waals surface area contributed by atoms with Crippen LogP contribution in [0, 0.1) is 17.8 Å². The van der Waals surface area contributed by atoms with Gasteiger partial charge in [0, 0.05) is 43.2 Å². The zero-order chi connectivity index (χ0) is 47.3. The number of nitrogens with two attached hydrogens (primary N) is 2. The number of aliphatic hydroxyl groups excluding tert-OH is 1. The highest BCUT2D eigenvalue weighted by Gasteiger charge is 2.37. The Hall–Kier alpha value is -6.32. The molecule has 4 amide bonds. The molecule has 0 aliphatic carbocycles. The number of H-pyrrole nitrogens is 1. The number of aliphatic hydroxyl groups is 1. The van der Waals surface area contributed by atoms with Crippen LogP contribution in [0.15, 0.2) is 122 Å². The number of carbonyl (C=O) groups excluding carboxylic acids is 4. The molecule has 16 heteroatoms. The normalized spacial score (nSPS) is 13.4. The second kappa shape index (κ2) is 25.7. The predicted octanol–water partition coefficient (Wildman–Crippen LogP) is 6.42. The van der Waals surface area contributed by atoms with E-state index in [1.807, 2.05) is 111 Å². The van der Waals surface area contributed by atoms with E-state index in [1.165, 1.54) is 13.3 Å². The molecule has 0 spiro atoms. The van der Waals surface area contributed by atoms with Crippen molar-refractivity contribution in [1.29, 1.82) is 0 Å². The molecule has 1 heterocycles. The van der Waals surface area contributed by atoms with E-state index < -0.39 is 66.2 Å². The van der Waals surface area contributed by atoms with Crippen LogP contribution in [0.4, 0.5) is 0 Å². The molecule has 1 unspecified atom stereocenters. The van der Waals surface area contributed by atoms with Gasteiger partial charge >= 0.3 is 5.97 Å². The van der Waals surface area contributed by atoms with Gasteiger partial charge in [-0.25, -0.2) is 9.78 Å². The molecule has 5 atom stereocenters. The second-order valence-electron chi connectivity index (χ2n) is 17.7. The fourth-order valence-corrected chi connectivity index (χ4v) is 8.67. The van der Waals surface area contributed by atoms with E-state index in [0.29, 0.717) is 18.5 Å². The van der Waals surface area contributed by atoms with Crippen molar-refractivity contribution in [3.8, 4) is 0 Å². The van der Waals surface area contributed by atoms with Crippen molar-refractivity contribution in [2.24, 2.45) is 29.2 Å². The molecule has 0 aliphatic rings. The van der Waals surface area contributed by atoms with Crippen molar-refractivity contribution < 1.29 is 34.2 Å². The monoisotopic (exact) mass is 967 g/mol. The number of halogens is 2. The lowest BCUT2D eigenvalue weighted by Crippen LogP contribution is -2.56. The minimum Gasteiger partial charge on any atom is -0.480 e. The number of benzene rings is 5. The highest BCUT2D eigenvalue weighted by atomic mass is 35.5. The molecule has 0 aliphatic heterocycles. The average molecular weight is 969 g/mol. The predicted molar refractivity (Wildman–Crippen MR) is 269 cm³/mol. The number of aliphatic carboxylic acids is 1. The van der Waals surface area contributed by atoms with E-state index >= 15 is 9.59 Å². The van der Waals surface area contributed by atoms with E-state index in [1.54, 1.807) is 11.1 Å². The lowest BCUT2D eigenvalue weighted by atomic mass is 9.87. The van der Waals surface area contributed by atoms with Crippen LogP contribution in [0.1, 0.15) is 68.0 Å². The van der Waals surface area contributed by atoms with E-state index in [2.05, 4.69) is 32.7 Å². The molecule has 14 nitrogen and oxygen atoms in total. The molecule has 0 radical (unpaired) electrons. The van der Waals surface area contributed by atoms with E-state index in [-0.39, 0.29) is 69.0 Å². The molecular weight excluding hydrogens is 906 g/mol. The molecule has 6 rings (SSSR count). The Bertz CT molecular complexity index is 2540. The number of carboxylic acid groups (broad SMARTS) is 1.